The molecular weight excluding hydrogens is 94.0 g/mol. The third-order valence-corrected chi connectivity index (χ3v) is 0.744. The van der Waals surface area contributed by atoms with Crippen LogP contribution in [-0.4, -0.2) is 16.5 Å². The first kappa shape index (κ1) is 4.46. The lowest BCUT2D eigenvalue weighted by molar-refractivity contribution is -0.117. The highest BCUT2D eigenvalue weighted by Crippen LogP contribution is 2.04. The maximum Gasteiger partial charge on any atom is 0.194 e. The molecule has 0 amide bonds. The molecular formula is C4H6NO2. The molecule has 0 saturated carbocycles. The second kappa shape index (κ2) is 1.42. The van der Waals surface area contributed by atoms with Gasteiger partial charge in [-0.3, -0.25) is 5.21 Å². The van der Waals surface area contributed by atoms with Crippen LogP contribution in [0.25, 0.3) is 0 Å². The fraction of sp³-hybridized carbons (Fsp3) is 0.250. The normalized spacial score (nSPS) is 28.3. The van der Waals surface area contributed by atoms with Crippen molar-refractivity contribution in [3.8, 4) is 0 Å². The predicted molar refractivity (Wildman–Crippen MR) is 23.0 cm³/mol. The van der Waals surface area contributed by atoms with Crippen LogP contribution in [0.3, 0.4) is 0 Å². The van der Waals surface area contributed by atoms with E-state index in [2.05, 4.69) is 11.7 Å². The summed E-state index contributed by atoms with van der Waals surface area (Å²) in [4.78, 5) is 0. The number of hydroxylamine groups is 2. The highest BCUT2D eigenvalue weighted by atomic mass is 16.6. The number of hydrogen-bond donors (Lipinski definition) is 1. The van der Waals surface area contributed by atoms with Gasteiger partial charge in [0.2, 0.25) is 0 Å². The summed E-state index contributed by atoms with van der Waals surface area (Å²) in [5, 5.41) is 9.45. The van der Waals surface area contributed by atoms with Gasteiger partial charge in [-0.05, 0) is 0 Å². The molecule has 1 aliphatic heterocycles. The van der Waals surface area contributed by atoms with Crippen molar-refractivity contribution in [1.29, 1.82) is 0 Å². The first-order valence-corrected chi connectivity index (χ1v) is 1.93. The molecule has 7 heavy (non-hydrogen) atoms. The van der Waals surface area contributed by atoms with Crippen LogP contribution in [0, 0.1) is 6.92 Å². The van der Waals surface area contributed by atoms with Crippen LogP contribution >= 0.6 is 0 Å². The van der Waals surface area contributed by atoms with Crippen molar-refractivity contribution < 1.29 is 9.94 Å². The Morgan fingerprint density at radius 2 is 2.57 bits per heavy atom. The zero-order chi connectivity index (χ0) is 5.28. The number of ether oxygens (including phenoxy) is 1. The molecule has 0 spiro atoms. The van der Waals surface area contributed by atoms with Gasteiger partial charge in [0.25, 0.3) is 0 Å². The summed E-state index contributed by atoms with van der Waals surface area (Å²) in [5.41, 5.74) is 0. The molecule has 0 aliphatic carbocycles. The van der Waals surface area contributed by atoms with Crippen molar-refractivity contribution in [3.05, 3.63) is 19.4 Å². The minimum absolute atomic E-state index is 0.458. The lowest BCUT2D eigenvalue weighted by Gasteiger charge is -2.10. The Bertz CT molecular complexity index is 91.7. The molecule has 0 saturated heterocycles. The Labute approximate surface area is 41.8 Å². The van der Waals surface area contributed by atoms with Crippen LogP contribution in [0.4, 0.5) is 0 Å². The molecule has 1 rings (SSSR count). The monoisotopic (exact) mass is 100 g/mol. The molecule has 1 radical (unpaired) electrons. The summed E-state index contributed by atoms with van der Waals surface area (Å²) in [6.07, 6.45) is 2.33. The maximum absolute atomic E-state index is 8.56. The standard InChI is InChI=1S/C4H6NO2/c1-4-5(6)2-3-7-4/h2-4,6H,1H2. The van der Waals surface area contributed by atoms with Gasteiger partial charge in [-0.1, -0.05) is 0 Å². The highest BCUT2D eigenvalue weighted by molar-refractivity contribution is 4.80. The fourth-order valence-corrected chi connectivity index (χ4v) is 0.347. The summed E-state index contributed by atoms with van der Waals surface area (Å²) < 4.78 is 4.65. The number of nitrogens with zero attached hydrogens (tertiary/aromatic N) is 1. The largest absolute Gasteiger partial charge is 0.474 e. The minimum atomic E-state index is -0.458. The van der Waals surface area contributed by atoms with Crippen LogP contribution < -0.4 is 0 Å². The van der Waals surface area contributed by atoms with Crippen molar-refractivity contribution >= 4 is 0 Å². The molecule has 1 aliphatic rings. The van der Waals surface area contributed by atoms with Crippen LogP contribution in [0.5, 0.6) is 0 Å². The summed E-state index contributed by atoms with van der Waals surface area (Å²) >= 11 is 0. The van der Waals surface area contributed by atoms with Crippen LogP contribution in [0.1, 0.15) is 0 Å². The van der Waals surface area contributed by atoms with Gasteiger partial charge >= 0.3 is 0 Å². The first-order valence-electron chi connectivity index (χ1n) is 1.93. The van der Waals surface area contributed by atoms with Crippen molar-refractivity contribution in [2.75, 3.05) is 0 Å². The van der Waals surface area contributed by atoms with E-state index in [1.165, 1.54) is 12.5 Å². The van der Waals surface area contributed by atoms with Crippen molar-refractivity contribution in [1.82, 2.24) is 5.06 Å². The molecule has 0 aromatic rings. The zero-order valence-electron chi connectivity index (χ0n) is 3.74. The third-order valence-electron chi connectivity index (χ3n) is 0.744. The fourth-order valence-electron chi connectivity index (χ4n) is 0.347. The SMILES string of the molecule is [CH2]C1OC=CN1O. The van der Waals surface area contributed by atoms with Gasteiger partial charge < -0.3 is 4.74 Å². The summed E-state index contributed by atoms with van der Waals surface area (Å²) in [6.45, 7) is 3.41. The smallest absolute Gasteiger partial charge is 0.194 e. The maximum atomic E-state index is 8.56. The molecule has 1 heterocycles. The molecule has 1 atom stereocenters. The van der Waals surface area contributed by atoms with E-state index in [0.717, 1.165) is 5.06 Å². The highest BCUT2D eigenvalue weighted by Gasteiger charge is 2.10. The topological polar surface area (TPSA) is 32.7 Å². The van der Waals surface area contributed by atoms with E-state index in [4.69, 9.17) is 5.21 Å². The average molecular weight is 100 g/mol. The third kappa shape index (κ3) is 0.667. The number of hydrogen-bond acceptors (Lipinski definition) is 3. The van der Waals surface area contributed by atoms with Gasteiger partial charge in [0, 0.05) is 6.92 Å². The first-order chi connectivity index (χ1) is 3.30. The molecule has 0 bridgehead atoms. The Balaban J connectivity index is 2.45. The second-order valence-electron chi connectivity index (χ2n) is 1.26. The Morgan fingerprint density at radius 3 is 2.71 bits per heavy atom. The van der Waals surface area contributed by atoms with E-state index >= 15 is 0 Å². The van der Waals surface area contributed by atoms with Crippen LogP contribution in [0.2, 0.25) is 0 Å². The van der Waals surface area contributed by atoms with E-state index < -0.39 is 6.23 Å². The van der Waals surface area contributed by atoms with Gasteiger partial charge in [-0.15, -0.1) is 0 Å². The van der Waals surface area contributed by atoms with Crippen molar-refractivity contribution in [2.24, 2.45) is 0 Å². The van der Waals surface area contributed by atoms with Crippen molar-refractivity contribution in [3.63, 3.8) is 0 Å². The summed E-state index contributed by atoms with van der Waals surface area (Å²) in [7, 11) is 0. The Kier molecular flexibility index (Phi) is 0.906. The molecule has 1 unspecified atom stereocenters. The van der Waals surface area contributed by atoms with Gasteiger partial charge in [-0.2, -0.15) is 0 Å². The Hall–Kier alpha value is -0.700. The van der Waals surface area contributed by atoms with Gasteiger partial charge in [0.1, 0.15) is 6.26 Å². The van der Waals surface area contributed by atoms with E-state index in [-0.39, 0.29) is 0 Å². The summed E-state index contributed by atoms with van der Waals surface area (Å²) in [5.74, 6) is 0. The quantitative estimate of drug-likeness (QED) is 0.476. The van der Waals surface area contributed by atoms with E-state index in [1.54, 1.807) is 0 Å². The van der Waals surface area contributed by atoms with Crippen LogP contribution in [-0.2, 0) is 4.74 Å². The van der Waals surface area contributed by atoms with Gasteiger partial charge in [0.15, 0.2) is 6.23 Å². The lowest BCUT2D eigenvalue weighted by atomic mass is 10.7. The molecule has 3 nitrogen and oxygen atoms in total. The molecule has 39 valence electrons. The average Bonchev–Trinajstić information content (AvgIpc) is 1.91. The minimum Gasteiger partial charge on any atom is -0.474 e. The Morgan fingerprint density at radius 1 is 1.86 bits per heavy atom. The predicted octanol–water partition coefficient (Wildman–Crippen LogP) is 0.339. The zero-order valence-corrected chi connectivity index (χ0v) is 3.74. The second-order valence-corrected chi connectivity index (χ2v) is 1.26. The van der Waals surface area contributed by atoms with Crippen LogP contribution in [0.15, 0.2) is 12.5 Å². The van der Waals surface area contributed by atoms with Crippen molar-refractivity contribution in [2.45, 2.75) is 6.23 Å². The number of rotatable bonds is 0. The molecule has 0 aromatic carbocycles. The van der Waals surface area contributed by atoms with Gasteiger partial charge in [-0.25, -0.2) is 5.06 Å². The van der Waals surface area contributed by atoms with E-state index in [1.807, 2.05) is 0 Å². The summed E-state index contributed by atoms with van der Waals surface area (Å²) in [6, 6.07) is 0. The molecule has 0 aromatic heterocycles. The molecule has 1 N–H and O–H groups in total. The van der Waals surface area contributed by atoms with E-state index in [0.29, 0.717) is 0 Å². The molecule has 0 fully saturated rings. The molecule has 3 heteroatoms. The van der Waals surface area contributed by atoms with E-state index in [9.17, 15) is 0 Å². The lowest BCUT2D eigenvalue weighted by Crippen LogP contribution is -2.20. The van der Waals surface area contributed by atoms with Gasteiger partial charge in [0.05, 0.1) is 6.20 Å².